The highest BCUT2D eigenvalue weighted by molar-refractivity contribution is 5.85. The maximum absolute atomic E-state index is 11.7. The molecule has 80 valence electrons. The Balaban J connectivity index is 0.00000144. The second-order valence-electron chi connectivity index (χ2n) is 2.88. The minimum absolute atomic E-state index is 0. The Morgan fingerprint density at radius 2 is 2.08 bits per heavy atom. The zero-order valence-electron chi connectivity index (χ0n) is 7.06. The van der Waals surface area contributed by atoms with Gasteiger partial charge in [-0.3, -0.25) is 0 Å². The second-order valence-corrected chi connectivity index (χ2v) is 2.88. The summed E-state index contributed by atoms with van der Waals surface area (Å²) in [6.07, 6.45) is -4.66. The Bertz CT molecular complexity index is 136. The van der Waals surface area contributed by atoms with Gasteiger partial charge in [-0.05, 0) is 6.42 Å². The van der Waals surface area contributed by atoms with Gasteiger partial charge >= 0.3 is 6.18 Å². The van der Waals surface area contributed by atoms with Crippen LogP contribution < -0.4 is 5.32 Å². The molecular weight excluding hydrogens is 207 g/mol. The summed E-state index contributed by atoms with van der Waals surface area (Å²) in [5, 5.41) is 2.97. The predicted molar refractivity (Wildman–Crippen MR) is 45.1 cm³/mol. The lowest BCUT2D eigenvalue weighted by atomic mass is 10.1. The van der Waals surface area contributed by atoms with Crippen LogP contribution in [0, 0.1) is 0 Å². The van der Waals surface area contributed by atoms with Crippen LogP contribution in [-0.4, -0.2) is 32.0 Å². The smallest absolute Gasteiger partial charge is 0.379 e. The van der Waals surface area contributed by atoms with Crippen molar-refractivity contribution in [3.05, 3.63) is 0 Å². The van der Waals surface area contributed by atoms with E-state index < -0.39 is 12.6 Å². The van der Waals surface area contributed by atoms with Gasteiger partial charge in [0, 0.05) is 19.0 Å². The molecule has 2 nitrogen and oxygen atoms in total. The molecule has 1 heterocycles. The summed E-state index contributed by atoms with van der Waals surface area (Å²) >= 11 is 0. The molecule has 1 N–H and O–H groups in total. The first kappa shape index (κ1) is 13.0. The van der Waals surface area contributed by atoms with Crippen molar-refractivity contribution >= 4 is 12.4 Å². The minimum Gasteiger partial charge on any atom is -0.379 e. The normalized spacial score (nSPS) is 23.8. The molecule has 6 heteroatoms. The molecular formula is C7H13ClF3NO. The molecule has 1 saturated heterocycles. The number of hydrogen-bond acceptors (Lipinski definition) is 2. The van der Waals surface area contributed by atoms with Crippen LogP contribution in [0.3, 0.4) is 0 Å². The fourth-order valence-corrected chi connectivity index (χ4v) is 1.14. The molecule has 0 bridgehead atoms. The lowest BCUT2D eigenvalue weighted by molar-refractivity contribution is -0.137. The molecule has 0 aromatic rings. The third-order valence-electron chi connectivity index (χ3n) is 1.77. The highest BCUT2D eigenvalue weighted by atomic mass is 35.5. The standard InChI is InChI=1S/C7H12F3NO.ClH/c8-7(9,10)2-1-6-5-12-4-3-11-6;/h6,11H,1-5H2;1H. The SMILES string of the molecule is Cl.FC(F)(F)CCC1COCCN1. The zero-order chi connectivity index (χ0) is 9.03. The topological polar surface area (TPSA) is 21.3 Å². The van der Waals surface area contributed by atoms with Crippen molar-refractivity contribution in [3.8, 4) is 0 Å². The van der Waals surface area contributed by atoms with Crippen LogP contribution in [0.15, 0.2) is 0 Å². The van der Waals surface area contributed by atoms with Crippen LogP contribution in [-0.2, 0) is 4.74 Å². The van der Waals surface area contributed by atoms with Gasteiger partial charge in [0.1, 0.15) is 0 Å². The number of morpholine rings is 1. The van der Waals surface area contributed by atoms with Gasteiger partial charge in [-0.1, -0.05) is 0 Å². The lowest BCUT2D eigenvalue weighted by Crippen LogP contribution is -2.41. The largest absolute Gasteiger partial charge is 0.389 e. The molecule has 13 heavy (non-hydrogen) atoms. The maximum atomic E-state index is 11.7. The van der Waals surface area contributed by atoms with Crippen LogP contribution in [0.25, 0.3) is 0 Å². The Labute approximate surface area is 81.2 Å². The van der Waals surface area contributed by atoms with Crippen LogP contribution in [0.1, 0.15) is 12.8 Å². The van der Waals surface area contributed by atoms with Gasteiger partial charge in [-0.2, -0.15) is 13.2 Å². The molecule has 1 unspecified atom stereocenters. The van der Waals surface area contributed by atoms with E-state index in [0.29, 0.717) is 19.8 Å². The van der Waals surface area contributed by atoms with E-state index in [1.54, 1.807) is 0 Å². The summed E-state index contributed by atoms with van der Waals surface area (Å²) in [7, 11) is 0. The number of ether oxygens (including phenoxy) is 1. The Morgan fingerprint density at radius 1 is 1.38 bits per heavy atom. The summed E-state index contributed by atoms with van der Waals surface area (Å²) in [6, 6.07) is -0.125. The van der Waals surface area contributed by atoms with Gasteiger partial charge in [0.15, 0.2) is 0 Å². The molecule has 0 saturated carbocycles. The highest BCUT2D eigenvalue weighted by Crippen LogP contribution is 2.22. The molecule has 1 atom stereocenters. The van der Waals surface area contributed by atoms with Crippen LogP contribution in [0.5, 0.6) is 0 Å². The summed E-state index contributed by atoms with van der Waals surface area (Å²) in [5.41, 5.74) is 0. The molecule has 1 rings (SSSR count). The first-order valence-electron chi connectivity index (χ1n) is 3.96. The van der Waals surface area contributed by atoms with Crippen molar-refractivity contribution in [2.24, 2.45) is 0 Å². The molecule has 0 aromatic heterocycles. The Hall–Kier alpha value is -0.0000000000000000416. The van der Waals surface area contributed by atoms with E-state index in [1.807, 2.05) is 0 Å². The maximum Gasteiger partial charge on any atom is 0.389 e. The summed E-state index contributed by atoms with van der Waals surface area (Å²) in [6.45, 7) is 1.65. The van der Waals surface area contributed by atoms with E-state index in [9.17, 15) is 13.2 Å². The predicted octanol–water partition coefficient (Wildman–Crippen LogP) is 1.74. The van der Waals surface area contributed by atoms with Gasteiger partial charge in [-0.15, -0.1) is 12.4 Å². The third-order valence-corrected chi connectivity index (χ3v) is 1.77. The van der Waals surface area contributed by atoms with E-state index in [1.165, 1.54) is 0 Å². The van der Waals surface area contributed by atoms with Crippen molar-refractivity contribution in [2.45, 2.75) is 25.1 Å². The summed E-state index contributed by atoms with van der Waals surface area (Å²) < 4.78 is 40.2. The van der Waals surface area contributed by atoms with E-state index >= 15 is 0 Å². The molecule has 1 fully saturated rings. The average Bonchev–Trinajstić information content (AvgIpc) is 2.02. The number of nitrogens with one attached hydrogen (secondary N) is 1. The quantitative estimate of drug-likeness (QED) is 0.764. The molecule has 0 radical (unpaired) electrons. The van der Waals surface area contributed by atoms with Gasteiger partial charge < -0.3 is 10.1 Å². The van der Waals surface area contributed by atoms with Crippen molar-refractivity contribution < 1.29 is 17.9 Å². The fraction of sp³-hybridized carbons (Fsp3) is 1.00. The van der Waals surface area contributed by atoms with Crippen molar-refractivity contribution in [2.75, 3.05) is 19.8 Å². The molecule has 0 aliphatic carbocycles. The van der Waals surface area contributed by atoms with E-state index in [-0.39, 0.29) is 24.9 Å². The average molecular weight is 220 g/mol. The number of hydrogen-bond donors (Lipinski definition) is 1. The van der Waals surface area contributed by atoms with Gasteiger partial charge in [0.05, 0.1) is 13.2 Å². The number of halogens is 4. The van der Waals surface area contributed by atoms with Crippen molar-refractivity contribution in [1.29, 1.82) is 0 Å². The molecule has 0 spiro atoms. The van der Waals surface area contributed by atoms with Gasteiger partial charge in [0.25, 0.3) is 0 Å². The van der Waals surface area contributed by atoms with Gasteiger partial charge in [0.2, 0.25) is 0 Å². The monoisotopic (exact) mass is 219 g/mol. The van der Waals surface area contributed by atoms with Crippen molar-refractivity contribution in [3.63, 3.8) is 0 Å². The van der Waals surface area contributed by atoms with Gasteiger partial charge in [-0.25, -0.2) is 0 Å². The number of alkyl halides is 3. The molecule has 0 amide bonds. The molecule has 1 aliphatic heterocycles. The van der Waals surface area contributed by atoms with Crippen LogP contribution >= 0.6 is 12.4 Å². The lowest BCUT2D eigenvalue weighted by Gasteiger charge is -2.23. The number of rotatable bonds is 2. The zero-order valence-corrected chi connectivity index (χ0v) is 7.88. The minimum atomic E-state index is -4.04. The second kappa shape index (κ2) is 5.67. The van der Waals surface area contributed by atoms with E-state index in [0.717, 1.165) is 0 Å². The first-order chi connectivity index (χ1) is 5.58. The van der Waals surface area contributed by atoms with Crippen molar-refractivity contribution in [1.82, 2.24) is 5.32 Å². The fourth-order valence-electron chi connectivity index (χ4n) is 1.14. The first-order valence-corrected chi connectivity index (χ1v) is 3.96. The Morgan fingerprint density at radius 3 is 2.54 bits per heavy atom. The third kappa shape index (κ3) is 6.12. The Kier molecular flexibility index (Phi) is 5.67. The van der Waals surface area contributed by atoms with Crippen LogP contribution in [0.4, 0.5) is 13.2 Å². The highest BCUT2D eigenvalue weighted by Gasteiger charge is 2.28. The molecule has 1 aliphatic rings. The summed E-state index contributed by atoms with van der Waals surface area (Å²) in [4.78, 5) is 0. The van der Waals surface area contributed by atoms with E-state index in [4.69, 9.17) is 4.74 Å². The van der Waals surface area contributed by atoms with E-state index in [2.05, 4.69) is 5.32 Å². The summed E-state index contributed by atoms with van der Waals surface area (Å²) in [5.74, 6) is 0. The van der Waals surface area contributed by atoms with Crippen LogP contribution in [0.2, 0.25) is 0 Å². The molecule has 0 aromatic carbocycles.